The summed E-state index contributed by atoms with van der Waals surface area (Å²) in [5.74, 6) is -0.760. The van der Waals surface area contributed by atoms with Crippen LogP contribution in [-0.2, 0) is 32.6 Å². The first-order valence-corrected chi connectivity index (χ1v) is 14.8. The molecule has 1 N–H and O–H groups in total. The van der Waals surface area contributed by atoms with E-state index >= 15 is 0 Å². The molecule has 0 saturated heterocycles. The number of anilines is 1. The van der Waals surface area contributed by atoms with Crippen LogP contribution in [0.3, 0.4) is 0 Å². The minimum absolute atomic E-state index is 0.154. The number of rotatable bonds is 10. The van der Waals surface area contributed by atoms with E-state index in [4.69, 9.17) is 0 Å². The SMILES string of the molecule is Cc1cccc(CN(C(=O)CN(c2ccccc2C)S(C)(=O)=O)C(Cc2ccccc2)C(=O)NC(C)(C)C)c1. The average molecular weight is 550 g/mol. The second-order valence-electron chi connectivity index (χ2n) is 11.0. The van der Waals surface area contributed by atoms with Gasteiger partial charge in [0.15, 0.2) is 0 Å². The van der Waals surface area contributed by atoms with Gasteiger partial charge in [0.1, 0.15) is 12.6 Å². The number of benzene rings is 3. The van der Waals surface area contributed by atoms with Gasteiger partial charge < -0.3 is 10.2 Å². The summed E-state index contributed by atoms with van der Waals surface area (Å²) in [7, 11) is -3.80. The lowest BCUT2D eigenvalue weighted by Crippen LogP contribution is -2.56. The fourth-order valence-electron chi connectivity index (χ4n) is 4.45. The van der Waals surface area contributed by atoms with Crippen molar-refractivity contribution in [2.75, 3.05) is 17.1 Å². The summed E-state index contributed by atoms with van der Waals surface area (Å²) in [4.78, 5) is 29.4. The molecule has 39 heavy (non-hydrogen) atoms. The summed E-state index contributed by atoms with van der Waals surface area (Å²) in [6.45, 7) is 9.16. The lowest BCUT2D eigenvalue weighted by molar-refractivity contribution is -0.140. The van der Waals surface area contributed by atoms with E-state index in [-0.39, 0.29) is 18.9 Å². The van der Waals surface area contributed by atoms with Crippen LogP contribution >= 0.6 is 0 Å². The molecule has 0 aromatic heterocycles. The molecule has 0 bridgehead atoms. The number of nitrogens with zero attached hydrogens (tertiary/aromatic N) is 2. The van der Waals surface area contributed by atoms with Crippen molar-refractivity contribution in [1.29, 1.82) is 0 Å². The number of hydrogen-bond donors (Lipinski definition) is 1. The van der Waals surface area contributed by atoms with Crippen LogP contribution in [-0.4, -0.2) is 49.5 Å². The van der Waals surface area contributed by atoms with Gasteiger partial charge in [-0.15, -0.1) is 0 Å². The molecule has 0 heterocycles. The van der Waals surface area contributed by atoms with E-state index in [1.54, 1.807) is 25.1 Å². The molecule has 1 unspecified atom stereocenters. The Hall–Kier alpha value is -3.65. The molecule has 0 aliphatic rings. The van der Waals surface area contributed by atoms with Crippen LogP contribution in [0.15, 0.2) is 78.9 Å². The van der Waals surface area contributed by atoms with Gasteiger partial charge in [0.2, 0.25) is 21.8 Å². The van der Waals surface area contributed by atoms with E-state index in [1.165, 1.54) is 4.90 Å². The van der Waals surface area contributed by atoms with Crippen molar-refractivity contribution in [2.24, 2.45) is 0 Å². The van der Waals surface area contributed by atoms with Crippen LogP contribution in [0, 0.1) is 13.8 Å². The Morgan fingerprint density at radius 2 is 1.49 bits per heavy atom. The predicted octanol–water partition coefficient (Wildman–Crippen LogP) is 4.62. The predicted molar refractivity (Wildman–Crippen MR) is 157 cm³/mol. The minimum Gasteiger partial charge on any atom is -0.350 e. The van der Waals surface area contributed by atoms with E-state index in [1.807, 2.05) is 88.4 Å². The minimum atomic E-state index is -3.80. The highest BCUT2D eigenvalue weighted by Crippen LogP contribution is 2.24. The van der Waals surface area contributed by atoms with Gasteiger partial charge in [0.25, 0.3) is 0 Å². The van der Waals surface area contributed by atoms with Gasteiger partial charge in [-0.1, -0.05) is 78.4 Å². The maximum atomic E-state index is 14.1. The van der Waals surface area contributed by atoms with Crippen LogP contribution in [0.5, 0.6) is 0 Å². The van der Waals surface area contributed by atoms with Gasteiger partial charge in [-0.3, -0.25) is 13.9 Å². The lowest BCUT2D eigenvalue weighted by atomic mass is 10.0. The van der Waals surface area contributed by atoms with Crippen molar-refractivity contribution >= 4 is 27.5 Å². The maximum absolute atomic E-state index is 14.1. The highest BCUT2D eigenvalue weighted by atomic mass is 32.2. The molecular formula is C31H39N3O4S. The highest BCUT2D eigenvalue weighted by Gasteiger charge is 2.34. The largest absolute Gasteiger partial charge is 0.350 e. The molecule has 208 valence electrons. The fraction of sp³-hybridized carbons (Fsp3) is 0.355. The van der Waals surface area contributed by atoms with Crippen LogP contribution in [0.2, 0.25) is 0 Å². The Kier molecular flexibility index (Phi) is 9.56. The van der Waals surface area contributed by atoms with Crippen LogP contribution < -0.4 is 9.62 Å². The number of nitrogens with one attached hydrogen (secondary N) is 1. The van der Waals surface area contributed by atoms with Crippen molar-refractivity contribution in [3.8, 4) is 0 Å². The van der Waals surface area contributed by atoms with Crippen molar-refractivity contribution < 1.29 is 18.0 Å². The molecule has 2 amide bonds. The Morgan fingerprint density at radius 1 is 0.872 bits per heavy atom. The third-order valence-electron chi connectivity index (χ3n) is 6.27. The molecule has 8 heteroatoms. The van der Waals surface area contributed by atoms with Crippen LogP contribution in [0.25, 0.3) is 0 Å². The number of sulfonamides is 1. The average Bonchev–Trinajstić information content (AvgIpc) is 2.84. The quantitative estimate of drug-likeness (QED) is 0.400. The molecule has 3 rings (SSSR count). The second kappa shape index (κ2) is 12.5. The Morgan fingerprint density at radius 3 is 2.08 bits per heavy atom. The highest BCUT2D eigenvalue weighted by molar-refractivity contribution is 7.92. The number of carbonyl (C=O) groups is 2. The van der Waals surface area contributed by atoms with Crippen LogP contribution in [0.1, 0.15) is 43.0 Å². The fourth-order valence-corrected chi connectivity index (χ4v) is 5.36. The smallest absolute Gasteiger partial charge is 0.244 e. The molecule has 0 aliphatic heterocycles. The first-order valence-electron chi connectivity index (χ1n) is 13.0. The van der Waals surface area contributed by atoms with Gasteiger partial charge in [0.05, 0.1) is 11.9 Å². The third kappa shape index (κ3) is 8.68. The summed E-state index contributed by atoms with van der Waals surface area (Å²) in [6.07, 6.45) is 1.37. The Bertz CT molecular complexity index is 1400. The molecule has 0 aliphatic carbocycles. The summed E-state index contributed by atoms with van der Waals surface area (Å²) in [5, 5.41) is 3.03. The molecule has 7 nitrogen and oxygen atoms in total. The zero-order valence-corrected chi connectivity index (χ0v) is 24.5. The monoisotopic (exact) mass is 549 g/mol. The number of carbonyl (C=O) groups excluding carboxylic acids is 2. The van der Waals surface area contributed by atoms with Gasteiger partial charge in [-0.05, 0) is 57.4 Å². The second-order valence-corrected chi connectivity index (χ2v) is 12.9. The number of hydrogen-bond acceptors (Lipinski definition) is 4. The number of amides is 2. The Balaban J connectivity index is 2.09. The van der Waals surface area contributed by atoms with Gasteiger partial charge in [-0.25, -0.2) is 8.42 Å². The van der Waals surface area contributed by atoms with Crippen molar-refractivity contribution in [2.45, 2.75) is 59.2 Å². The molecule has 0 radical (unpaired) electrons. The summed E-state index contributed by atoms with van der Waals surface area (Å²) >= 11 is 0. The topological polar surface area (TPSA) is 86.8 Å². The van der Waals surface area contributed by atoms with Crippen LogP contribution in [0.4, 0.5) is 5.69 Å². The van der Waals surface area contributed by atoms with Crippen molar-refractivity contribution in [1.82, 2.24) is 10.2 Å². The molecule has 0 saturated carbocycles. The molecule has 0 fully saturated rings. The lowest BCUT2D eigenvalue weighted by Gasteiger charge is -2.35. The molecular weight excluding hydrogens is 510 g/mol. The summed E-state index contributed by atoms with van der Waals surface area (Å²) in [6, 6.07) is 23.5. The van der Waals surface area contributed by atoms with E-state index in [9.17, 15) is 18.0 Å². The van der Waals surface area contributed by atoms with E-state index in [0.29, 0.717) is 5.69 Å². The van der Waals surface area contributed by atoms with Crippen molar-refractivity contribution in [3.63, 3.8) is 0 Å². The summed E-state index contributed by atoms with van der Waals surface area (Å²) in [5.41, 5.74) is 3.41. The Labute approximate surface area is 232 Å². The zero-order chi connectivity index (χ0) is 28.8. The standard InChI is InChI=1S/C31H39N3O4S/c1-23-13-12-17-26(19-23)21-33(28(30(36)32-31(3,4)5)20-25-15-8-7-9-16-25)29(35)22-34(39(6,37)38)27-18-11-10-14-24(27)2/h7-19,28H,20-22H2,1-6H3,(H,32,36). The number of aryl methyl sites for hydroxylation is 2. The molecule has 3 aromatic carbocycles. The van der Waals surface area contributed by atoms with Crippen molar-refractivity contribution in [3.05, 3.63) is 101 Å². The zero-order valence-electron chi connectivity index (χ0n) is 23.6. The number of para-hydroxylation sites is 1. The molecule has 1 atom stereocenters. The normalized spacial score (nSPS) is 12.5. The first-order chi connectivity index (χ1) is 18.2. The van der Waals surface area contributed by atoms with E-state index < -0.39 is 34.1 Å². The maximum Gasteiger partial charge on any atom is 0.244 e. The van der Waals surface area contributed by atoms with Gasteiger partial charge in [0, 0.05) is 18.5 Å². The van der Waals surface area contributed by atoms with Gasteiger partial charge in [-0.2, -0.15) is 0 Å². The first kappa shape index (κ1) is 29.9. The molecule has 0 spiro atoms. The van der Waals surface area contributed by atoms with E-state index in [0.717, 1.165) is 32.8 Å². The molecule has 3 aromatic rings. The van der Waals surface area contributed by atoms with Gasteiger partial charge >= 0.3 is 0 Å². The van der Waals surface area contributed by atoms with E-state index in [2.05, 4.69) is 5.32 Å². The third-order valence-corrected chi connectivity index (χ3v) is 7.39. The summed E-state index contributed by atoms with van der Waals surface area (Å²) < 4.78 is 26.9.